The summed E-state index contributed by atoms with van der Waals surface area (Å²) in [6.45, 7) is 2.40. The number of amides is 1. The summed E-state index contributed by atoms with van der Waals surface area (Å²) in [6, 6.07) is 4.49. The van der Waals surface area contributed by atoms with Crippen LogP contribution in [-0.4, -0.2) is 27.5 Å². The van der Waals surface area contributed by atoms with Crippen LogP contribution in [0.25, 0.3) is 0 Å². The molecule has 3 atom stereocenters. The topological polar surface area (TPSA) is 59.2 Å². The van der Waals surface area contributed by atoms with Gasteiger partial charge in [-0.15, -0.1) is 0 Å². The average molecular weight is 350 g/mol. The Balaban J connectivity index is 1.53. The Bertz CT molecular complexity index is 774. The van der Waals surface area contributed by atoms with E-state index in [0.29, 0.717) is 35.3 Å². The number of likely N-dealkylation sites (tertiary alicyclic amines) is 1. The van der Waals surface area contributed by atoms with E-state index in [1.165, 1.54) is 6.07 Å². The lowest BCUT2D eigenvalue weighted by molar-refractivity contribution is -0.133. The summed E-state index contributed by atoms with van der Waals surface area (Å²) in [7, 11) is 0. The quantitative estimate of drug-likeness (QED) is 0.848. The molecule has 1 aliphatic carbocycles. The summed E-state index contributed by atoms with van der Waals surface area (Å²) in [6.07, 6.45) is 2.36. The molecule has 1 saturated carbocycles. The zero-order valence-corrected chi connectivity index (χ0v) is 14.0. The fourth-order valence-electron chi connectivity index (χ4n) is 3.61. The second-order valence-electron chi connectivity index (χ2n) is 6.45. The fourth-order valence-corrected chi connectivity index (χ4v) is 3.92. The summed E-state index contributed by atoms with van der Waals surface area (Å²) in [5.41, 5.74) is 0.462. The molecule has 0 spiro atoms. The highest BCUT2D eigenvalue weighted by molar-refractivity contribution is 6.31. The highest BCUT2D eigenvalue weighted by atomic mass is 35.5. The lowest BCUT2D eigenvalue weighted by atomic mass is 10.1. The number of aromatic nitrogens is 2. The van der Waals surface area contributed by atoms with Crippen LogP contribution in [0, 0.1) is 18.7 Å². The fraction of sp³-hybridized carbons (Fsp3) is 0.471. The lowest BCUT2D eigenvalue weighted by Gasteiger charge is -2.22. The second-order valence-corrected chi connectivity index (χ2v) is 6.85. The van der Waals surface area contributed by atoms with Crippen LogP contribution < -0.4 is 0 Å². The number of halogens is 2. The Kier molecular flexibility index (Phi) is 3.79. The molecule has 1 aromatic carbocycles. The van der Waals surface area contributed by atoms with Crippen LogP contribution in [0.5, 0.6) is 0 Å². The maximum atomic E-state index is 14.1. The van der Waals surface area contributed by atoms with Gasteiger partial charge < -0.3 is 9.42 Å². The summed E-state index contributed by atoms with van der Waals surface area (Å²) >= 11 is 6.12. The Morgan fingerprint density at radius 3 is 3.00 bits per heavy atom. The Morgan fingerprint density at radius 2 is 2.29 bits per heavy atom. The third kappa shape index (κ3) is 2.59. The first-order valence-electron chi connectivity index (χ1n) is 8.11. The molecule has 2 heterocycles. The Morgan fingerprint density at radius 1 is 1.46 bits per heavy atom. The van der Waals surface area contributed by atoms with Crippen molar-refractivity contribution >= 4 is 17.5 Å². The van der Waals surface area contributed by atoms with E-state index in [9.17, 15) is 9.18 Å². The molecule has 2 aliphatic rings. The number of aryl methyl sites for hydroxylation is 1. The molecule has 5 nitrogen and oxygen atoms in total. The molecule has 0 radical (unpaired) electrons. The molecule has 1 aromatic heterocycles. The van der Waals surface area contributed by atoms with Gasteiger partial charge in [-0.2, -0.15) is 4.98 Å². The molecule has 0 bridgehead atoms. The van der Waals surface area contributed by atoms with E-state index in [0.717, 1.165) is 12.8 Å². The van der Waals surface area contributed by atoms with Crippen molar-refractivity contribution in [3.8, 4) is 0 Å². The van der Waals surface area contributed by atoms with Crippen molar-refractivity contribution in [1.82, 2.24) is 15.0 Å². The first kappa shape index (κ1) is 15.6. The summed E-state index contributed by atoms with van der Waals surface area (Å²) in [4.78, 5) is 18.9. The van der Waals surface area contributed by atoms with Crippen LogP contribution in [0.1, 0.15) is 48.5 Å². The van der Waals surface area contributed by atoms with Crippen molar-refractivity contribution in [2.24, 2.45) is 5.92 Å². The van der Waals surface area contributed by atoms with E-state index < -0.39 is 0 Å². The molecule has 2 fully saturated rings. The molecule has 1 saturated heterocycles. The van der Waals surface area contributed by atoms with Crippen LogP contribution in [0.15, 0.2) is 22.7 Å². The highest BCUT2D eigenvalue weighted by Gasteiger charge is 2.50. The van der Waals surface area contributed by atoms with Crippen LogP contribution in [0.4, 0.5) is 4.39 Å². The molecule has 1 aliphatic heterocycles. The predicted molar refractivity (Wildman–Crippen MR) is 85.0 cm³/mol. The first-order valence-corrected chi connectivity index (χ1v) is 8.48. The van der Waals surface area contributed by atoms with Crippen molar-refractivity contribution in [3.05, 3.63) is 46.3 Å². The monoisotopic (exact) mass is 349 g/mol. The average Bonchev–Trinajstić information content (AvgIpc) is 2.96. The largest absolute Gasteiger partial charge is 0.340 e. The molecule has 2 aromatic rings. The number of hydrogen-bond acceptors (Lipinski definition) is 4. The minimum absolute atomic E-state index is 0.0317. The standard InChI is InChI=1S/C17H17ClFN3O2/c1-9-20-16(21-24-9)14-6-3-7-22(14)17(23)11-8-10(11)15-12(18)4-2-5-13(15)19/h2,4-5,10-11,14H,3,6-8H2,1H3/t10-,11+,14-/m0/s1. The predicted octanol–water partition coefficient (Wildman–Crippen LogP) is 3.64. The number of carbonyl (C=O) groups excluding carboxylic acids is 1. The van der Waals surface area contributed by atoms with Crippen molar-refractivity contribution in [3.63, 3.8) is 0 Å². The van der Waals surface area contributed by atoms with E-state index in [4.69, 9.17) is 16.1 Å². The van der Waals surface area contributed by atoms with E-state index in [1.807, 2.05) is 4.90 Å². The van der Waals surface area contributed by atoms with E-state index in [2.05, 4.69) is 10.1 Å². The van der Waals surface area contributed by atoms with Crippen molar-refractivity contribution in [2.45, 2.75) is 38.1 Å². The van der Waals surface area contributed by atoms with E-state index in [-0.39, 0.29) is 29.6 Å². The van der Waals surface area contributed by atoms with E-state index in [1.54, 1.807) is 19.1 Å². The normalized spacial score (nSPS) is 26.0. The number of carbonyl (C=O) groups is 1. The van der Waals surface area contributed by atoms with Gasteiger partial charge in [0.1, 0.15) is 5.82 Å². The number of nitrogens with zero attached hydrogens (tertiary/aromatic N) is 3. The first-order chi connectivity index (χ1) is 11.6. The Labute approximate surface area is 143 Å². The minimum Gasteiger partial charge on any atom is -0.340 e. The molecular weight excluding hydrogens is 333 g/mol. The van der Waals surface area contributed by atoms with Crippen molar-refractivity contribution in [1.29, 1.82) is 0 Å². The maximum absolute atomic E-state index is 14.1. The molecule has 24 heavy (non-hydrogen) atoms. The zero-order valence-electron chi connectivity index (χ0n) is 13.2. The second kappa shape index (κ2) is 5.84. The molecule has 1 amide bonds. The van der Waals surface area contributed by atoms with Gasteiger partial charge in [-0.05, 0) is 31.4 Å². The summed E-state index contributed by atoms with van der Waals surface area (Å²) in [5.74, 6) is 0.387. The van der Waals surface area contributed by atoms with Crippen molar-refractivity contribution < 1.29 is 13.7 Å². The van der Waals surface area contributed by atoms with Gasteiger partial charge in [-0.25, -0.2) is 4.39 Å². The number of rotatable bonds is 3. The van der Waals surface area contributed by atoms with Gasteiger partial charge >= 0.3 is 0 Å². The molecule has 0 unspecified atom stereocenters. The molecule has 7 heteroatoms. The number of hydrogen-bond donors (Lipinski definition) is 0. The summed E-state index contributed by atoms with van der Waals surface area (Å²) in [5, 5.41) is 4.35. The van der Waals surface area contributed by atoms with Crippen LogP contribution in [0.3, 0.4) is 0 Å². The van der Waals surface area contributed by atoms with Gasteiger partial charge in [0, 0.05) is 35.9 Å². The zero-order chi connectivity index (χ0) is 16.8. The SMILES string of the molecule is Cc1nc([C@@H]2CCCN2C(=O)[C@@H]2C[C@@H]2c2c(F)cccc2Cl)no1. The van der Waals surface area contributed by atoms with Crippen LogP contribution in [-0.2, 0) is 4.79 Å². The third-order valence-electron chi connectivity index (χ3n) is 4.86. The Hall–Kier alpha value is -1.95. The van der Waals surface area contributed by atoms with Gasteiger partial charge in [0.25, 0.3) is 0 Å². The smallest absolute Gasteiger partial charge is 0.226 e. The van der Waals surface area contributed by atoms with Gasteiger partial charge in [0.05, 0.1) is 6.04 Å². The van der Waals surface area contributed by atoms with Crippen LogP contribution in [0.2, 0.25) is 5.02 Å². The molecule has 4 rings (SSSR count). The molecule has 126 valence electrons. The lowest BCUT2D eigenvalue weighted by Crippen LogP contribution is -2.32. The third-order valence-corrected chi connectivity index (χ3v) is 5.18. The maximum Gasteiger partial charge on any atom is 0.226 e. The summed E-state index contributed by atoms with van der Waals surface area (Å²) < 4.78 is 19.1. The number of benzene rings is 1. The van der Waals surface area contributed by atoms with Gasteiger partial charge in [0.15, 0.2) is 5.82 Å². The molecular formula is C17H17ClFN3O2. The van der Waals surface area contributed by atoms with Gasteiger partial charge in [-0.1, -0.05) is 22.8 Å². The minimum atomic E-state index is -0.338. The van der Waals surface area contributed by atoms with Crippen molar-refractivity contribution in [2.75, 3.05) is 6.54 Å². The van der Waals surface area contributed by atoms with Gasteiger partial charge in [0.2, 0.25) is 11.8 Å². The van der Waals surface area contributed by atoms with Crippen LogP contribution >= 0.6 is 11.6 Å². The van der Waals surface area contributed by atoms with E-state index >= 15 is 0 Å². The highest BCUT2D eigenvalue weighted by Crippen LogP contribution is 2.52. The molecule has 0 N–H and O–H groups in total. The van der Waals surface area contributed by atoms with Gasteiger partial charge in [-0.3, -0.25) is 4.79 Å².